The molecule has 0 saturated heterocycles. The number of carbonyl (C=O) groups is 1. The van der Waals surface area contributed by atoms with Gasteiger partial charge in [-0.25, -0.2) is 9.18 Å². The smallest absolute Gasteiger partial charge is 0.335 e. The molecular weight excluding hydrogens is 185 g/mol. The second kappa shape index (κ2) is 4.09. The molecule has 1 rings (SSSR count). The summed E-state index contributed by atoms with van der Waals surface area (Å²) >= 11 is 0. The van der Waals surface area contributed by atoms with Gasteiger partial charge in [0.2, 0.25) is 0 Å². The summed E-state index contributed by atoms with van der Waals surface area (Å²) < 4.78 is 13.0. The molecular formula is C10H12FNO2. The first-order chi connectivity index (χ1) is 6.54. The van der Waals surface area contributed by atoms with Crippen LogP contribution in [-0.2, 0) is 0 Å². The number of hydrogen-bond donors (Lipinski definition) is 1. The third-order valence-corrected chi connectivity index (χ3v) is 2.04. The summed E-state index contributed by atoms with van der Waals surface area (Å²) in [7, 11) is 1.78. The van der Waals surface area contributed by atoms with Crippen LogP contribution in [0.2, 0.25) is 0 Å². The van der Waals surface area contributed by atoms with E-state index >= 15 is 0 Å². The zero-order chi connectivity index (χ0) is 10.7. The average molecular weight is 197 g/mol. The fourth-order valence-electron chi connectivity index (χ4n) is 1.10. The second-order valence-corrected chi connectivity index (χ2v) is 3.02. The highest BCUT2D eigenvalue weighted by atomic mass is 19.1. The lowest BCUT2D eigenvalue weighted by molar-refractivity contribution is 0.0696. The van der Waals surface area contributed by atoms with Crippen LogP contribution in [0.5, 0.6) is 0 Å². The Hall–Kier alpha value is -1.58. The van der Waals surface area contributed by atoms with Gasteiger partial charge in [0, 0.05) is 19.3 Å². The van der Waals surface area contributed by atoms with Crippen molar-refractivity contribution in [1.82, 2.24) is 0 Å². The summed E-state index contributed by atoms with van der Waals surface area (Å²) in [6.45, 7) is 2.61. The number of carboxylic acids is 1. The number of carboxylic acid groups (broad SMARTS) is 1. The van der Waals surface area contributed by atoms with Crippen molar-refractivity contribution in [3.8, 4) is 0 Å². The van der Waals surface area contributed by atoms with Crippen LogP contribution in [0.25, 0.3) is 0 Å². The van der Waals surface area contributed by atoms with E-state index in [0.717, 1.165) is 6.07 Å². The van der Waals surface area contributed by atoms with Gasteiger partial charge in [0.15, 0.2) is 0 Å². The monoisotopic (exact) mass is 197 g/mol. The molecule has 0 aromatic heterocycles. The molecule has 3 nitrogen and oxygen atoms in total. The summed E-state index contributed by atoms with van der Waals surface area (Å²) in [6, 6.07) is 3.78. The van der Waals surface area contributed by atoms with Gasteiger partial charge in [-0.05, 0) is 25.1 Å². The first-order valence-corrected chi connectivity index (χ1v) is 4.29. The Labute approximate surface area is 81.8 Å². The zero-order valence-corrected chi connectivity index (χ0v) is 8.12. The third kappa shape index (κ3) is 2.22. The van der Waals surface area contributed by atoms with Crippen molar-refractivity contribution < 1.29 is 14.3 Å². The molecule has 0 fully saturated rings. The van der Waals surface area contributed by atoms with Gasteiger partial charge in [-0.2, -0.15) is 0 Å². The summed E-state index contributed by atoms with van der Waals surface area (Å²) in [5.74, 6) is -1.64. The molecule has 0 aliphatic carbocycles. The molecule has 0 bridgehead atoms. The number of hydrogen-bond acceptors (Lipinski definition) is 2. The predicted molar refractivity (Wildman–Crippen MR) is 52.3 cm³/mol. The third-order valence-electron chi connectivity index (χ3n) is 2.04. The van der Waals surface area contributed by atoms with Crippen molar-refractivity contribution in [2.45, 2.75) is 6.92 Å². The molecule has 14 heavy (non-hydrogen) atoms. The molecule has 0 atom stereocenters. The summed E-state index contributed by atoms with van der Waals surface area (Å²) in [5.41, 5.74) is 0.546. The first kappa shape index (κ1) is 10.5. The van der Waals surface area contributed by atoms with E-state index < -0.39 is 11.8 Å². The summed E-state index contributed by atoms with van der Waals surface area (Å²) in [6.07, 6.45) is 0. The molecule has 0 saturated carbocycles. The van der Waals surface area contributed by atoms with Crippen molar-refractivity contribution in [2.24, 2.45) is 0 Å². The Bertz CT molecular complexity index is 352. The molecule has 0 aliphatic rings. The zero-order valence-electron chi connectivity index (χ0n) is 8.12. The second-order valence-electron chi connectivity index (χ2n) is 3.02. The van der Waals surface area contributed by atoms with Crippen LogP contribution < -0.4 is 4.90 Å². The quantitative estimate of drug-likeness (QED) is 0.805. The van der Waals surface area contributed by atoms with Crippen molar-refractivity contribution >= 4 is 11.7 Å². The molecule has 4 heteroatoms. The molecule has 1 N–H and O–H groups in total. The molecule has 0 aliphatic heterocycles. The number of nitrogens with zero attached hydrogens (tertiary/aromatic N) is 1. The summed E-state index contributed by atoms with van der Waals surface area (Å²) in [5, 5.41) is 8.70. The average Bonchev–Trinajstić information content (AvgIpc) is 2.15. The van der Waals surface area contributed by atoms with Crippen LogP contribution in [0.15, 0.2) is 18.2 Å². The predicted octanol–water partition coefficient (Wildman–Crippen LogP) is 1.98. The summed E-state index contributed by atoms with van der Waals surface area (Å²) in [4.78, 5) is 12.4. The number of rotatable bonds is 3. The SMILES string of the molecule is CCN(C)c1cc(F)cc(C(=O)O)c1. The lowest BCUT2D eigenvalue weighted by Crippen LogP contribution is -2.16. The largest absolute Gasteiger partial charge is 0.478 e. The first-order valence-electron chi connectivity index (χ1n) is 4.29. The number of halogens is 1. The van der Waals surface area contributed by atoms with Gasteiger partial charge in [0.1, 0.15) is 5.82 Å². The van der Waals surface area contributed by atoms with Gasteiger partial charge in [-0.1, -0.05) is 0 Å². The molecule has 0 heterocycles. The fraction of sp³-hybridized carbons (Fsp3) is 0.300. The van der Waals surface area contributed by atoms with E-state index in [4.69, 9.17) is 5.11 Å². The maximum absolute atomic E-state index is 13.0. The highest BCUT2D eigenvalue weighted by molar-refractivity contribution is 5.88. The molecule has 0 radical (unpaired) electrons. The van der Waals surface area contributed by atoms with Crippen molar-refractivity contribution in [2.75, 3.05) is 18.5 Å². The van der Waals surface area contributed by atoms with E-state index in [-0.39, 0.29) is 5.56 Å². The van der Waals surface area contributed by atoms with Gasteiger partial charge in [-0.3, -0.25) is 0 Å². The van der Waals surface area contributed by atoms with Gasteiger partial charge in [0.25, 0.3) is 0 Å². The molecule has 76 valence electrons. The van der Waals surface area contributed by atoms with E-state index in [1.165, 1.54) is 12.1 Å². The molecule has 1 aromatic rings. The van der Waals surface area contributed by atoms with Crippen LogP contribution in [0.1, 0.15) is 17.3 Å². The minimum atomic E-state index is -1.12. The Morgan fingerprint density at radius 1 is 1.50 bits per heavy atom. The Kier molecular flexibility index (Phi) is 3.06. The Morgan fingerprint density at radius 2 is 2.14 bits per heavy atom. The lowest BCUT2D eigenvalue weighted by atomic mass is 10.2. The topological polar surface area (TPSA) is 40.5 Å². The number of aromatic carboxylic acids is 1. The van der Waals surface area contributed by atoms with Crippen LogP contribution in [0, 0.1) is 5.82 Å². The number of benzene rings is 1. The molecule has 1 aromatic carbocycles. The van der Waals surface area contributed by atoms with Crippen molar-refractivity contribution in [1.29, 1.82) is 0 Å². The standard InChI is InChI=1S/C10H12FNO2/c1-3-12(2)9-5-7(10(13)14)4-8(11)6-9/h4-6H,3H2,1-2H3,(H,13,14). The van der Waals surface area contributed by atoms with E-state index in [0.29, 0.717) is 12.2 Å². The minimum Gasteiger partial charge on any atom is -0.478 e. The molecule has 0 unspecified atom stereocenters. The normalized spacial score (nSPS) is 9.93. The van der Waals surface area contributed by atoms with E-state index in [1.54, 1.807) is 11.9 Å². The van der Waals surface area contributed by atoms with Gasteiger partial charge in [0.05, 0.1) is 5.56 Å². The molecule has 0 amide bonds. The maximum Gasteiger partial charge on any atom is 0.335 e. The Morgan fingerprint density at radius 3 is 2.64 bits per heavy atom. The Balaban J connectivity index is 3.13. The van der Waals surface area contributed by atoms with Gasteiger partial charge in [-0.15, -0.1) is 0 Å². The van der Waals surface area contributed by atoms with E-state index in [9.17, 15) is 9.18 Å². The van der Waals surface area contributed by atoms with Crippen molar-refractivity contribution in [3.05, 3.63) is 29.6 Å². The highest BCUT2D eigenvalue weighted by Crippen LogP contribution is 2.17. The van der Waals surface area contributed by atoms with Gasteiger partial charge >= 0.3 is 5.97 Å². The van der Waals surface area contributed by atoms with E-state index in [2.05, 4.69) is 0 Å². The molecule has 0 spiro atoms. The minimum absolute atomic E-state index is 0.0275. The highest BCUT2D eigenvalue weighted by Gasteiger charge is 2.08. The van der Waals surface area contributed by atoms with E-state index in [1.807, 2.05) is 6.92 Å². The lowest BCUT2D eigenvalue weighted by Gasteiger charge is -2.17. The fourth-order valence-corrected chi connectivity index (χ4v) is 1.10. The van der Waals surface area contributed by atoms with Gasteiger partial charge < -0.3 is 10.0 Å². The van der Waals surface area contributed by atoms with Crippen LogP contribution >= 0.6 is 0 Å². The maximum atomic E-state index is 13.0. The van der Waals surface area contributed by atoms with Crippen LogP contribution in [0.4, 0.5) is 10.1 Å². The van der Waals surface area contributed by atoms with Crippen LogP contribution in [0.3, 0.4) is 0 Å². The van der Waals surface area contributed by atoms with Crippen molar-refractivity contribution in [3.63, 3.8) is 0 Å². The number of anilines is 1. The van der Waals surface area contributed by atoms with Crippen LogP contribution in [-0.4, -0.2) is 24.7 Å².